The molecule has 3 heterocycles. The highest BCUT2D eigenvalue weighted by Crippen LogP contribution is 2.20. The second-order valence-corrected chi connectivity index (χ2v) is 6.12. The standard InChI is InChI=1S/C14H22F3N5/c15-14(16,17)11-22-9-12(7-19-22)8-20-4-1-13(10-20)21-5-2-18-3-6-21/h7,9,13,18H,1-6,8,10-11H2. The van der Waals surface area contributed by atoms with Crippen molar-refractivity contribution in [1.29, 1.82) is 0 Å². The molecular formula is C14H22F3N5. The molecule has 2 aliphatic heterocycles. The van der Waals surface area contributed by atoms with E-state index in [0.29, 0.717) is 12.6 Å². The molecule has 1 unspecified atom stereocenters. The molecule has 2 saturated heterocycles. The topological polar surface area (TPSA) is 36.3 Å². The predicted molar refractivity (Wildman–Crippen MR) is 76.4 cm³/mol. The molecule has 2 aliphatic rings. The summed E-state index contributed by atoms with van der Waals surface area (Å²) in [5, 5.41) is 7.16. The van der Waals surface area contributed by atoms with E-state index >= 15 is 0 Å². The first kappa shape index (κ1) is 15.8. The molecule has 0 amide bonds. The number of hydrogen-bond donors (Lipinski definition) is 1. The minimum Gasteiger partial charge on any atom is -0.314 e. The number of piperazine rings is 1. The first-order valence-electron chi connectivity index (χ1n) is 7.75. The van der Waals surface area contributed by atoms with Gasteiger partial charge in [0.15, 0.2) is 0 Å². The van der Waals surface area contributed by atoms with Crippen LogP contribution in [0.25, 0.3) is 0 Å². The molecule has 1 N–H and O–H groups in total. The van der Waals surface area contributed by atoms with Gasteiger partial charge in [-0.15, -0.1) is 0 Å². The van der Waals surface area contributed by atoms with Crippen molar-refractivity contribution in [2.75, 3.05) is 39.3 Å². The van der Waals surface area contributed by atoms with E-state index in [1.807, 2.05) is 0 Å². The third kappa shape index (κ3) is 4.21. The average molecular weight is 317 g/mol. The third-order valence-corrected chi connectivity index (χ3v) is 4.35. The van der Waals surface area contributed by atoms with Gasteiger partial charge in [0.2, 0.25) is 0 Å². The molecule has 1 aromatic rings. The van der Waals surface area contributed by atoms with E-state index in [-0.39, 0.29) is 0 Å². The van der Waals surface area contributed by atoms with Gasteiger partial charge in [-0.3, -0.25) is 14.5 Å². The van der Waals surface area contributed by atoms with Crippen LogP contribution < -0.4 is 5.32 Å². The molecule has 8 heteroatoms. The minimum atomic E-state index is -4.22. The maximum atomic E-state index is 12.3. The molecule has 0 aliphatic carbocycles. The van der Waals surface area contributed by atoms with Crippen LogP contribution in [0.4, 0.5) is 13.2 Å². The highest BCUT2D eigenvalue weighted by molar-refractivity contribution is 5.04. The smallest absolute Gasteiger partial charge is 0.314 e. The number of alkyl halides is 3. The van der Waals surface area contributed by atoms with Crippen LogP contribution in [0.5, 0.6) is 0 Å². The molecule has 5 nitrogen and oxygen atoms in total. The van der Waals surface area contributed by atoms with E-state index in [2.05, 4.69) is 20.2 Å². The number of likely N-dealkylation sites (tertiary alicyclic amines) is 1. The Kier molecular flexibility index (Phi) is 4.70. The zero-order valence-electron chi connectivity index (χ0n) is 12.5. The number of nitrogens with one attached hydrogen (secondary N) is 1. The normalized spacial score (nSPS) is 25.0. The van der Waals surface area contributed by atoms with E-state index in [4.69, 9.17) is 0 Å². The monoisotopic (exact) mass is 317 g/mol. The summed E-state index contributed by atoms with van der Waals surface area (Å²) < 4.78 is 38.0. The van der Waals surface area contributed by atoms with E-state index < -0.39 is 12.7 Å². The minimum absolute atomic E-state index is 0.576. The molecule has 124 valence electrons. The molecule has 3 rings (SSSR count). The summed E-state index contributed by atoms with van der Waals surface area (Å²) in [5.41, 5.74) is 0.852. The van der Waals surface area contributed by atoms with Crippen LogP contribution in [-0.2, 0) is 13.1 Å². The Morgan fingerprint density at radius 1 is 1.23 bits per heavy atom. The summed E-state index contributed by atoms with van der Waals surface area (Å²) in [6.45, 7) is 5.91. The summed E-state index contributed by atoms with van der Waals surface area (Å²) >= 11 is 0. The Balaban J connectivity index is 1.49. The molecule has 0 spiro atoms. The van der Waals surface area contributed by atoms with Crippen LogP contribution in [-0.4, -0.2) is 71.1 Å². The quantitative estimate of drug-likeness (QED) is 0.896. The Labute approximate surface area is 128 Å². The first-order chi connectivity index (χ1) is 10.5. The van der Waals surface area contributed by atoms with Gasteiger partial charge >= 0.3 is 6.18 Å². The largest absolute Gasteiger partial charge is 0.408 e. The van der Waals surface area contributed by atoms with Crippen LogP contribution in [0.3, 0.4) is 0 Å². The lowest BCUT2D eigenvalue weighted by molar-refractivity contribution is -0.142. The number of aromatic nitrogens is 2. The van der Waals surface area contributed by atoms with E-state index in [1.165, 1.54) is 6.20 Å². The van der Waals surface area contributed by atoms with Gasteiger partial charge in [-0.25, -0.2) is 0 Å². The van der Waals surface area contributed by atoms with Crippen LogP contribution in [0.2, 0.25) is 0 Å². The zero-order valence-corrected chi connectivity index (χ0v) is 12.5. The van der Waals surface area contributed by atoms with Gasteiger partial charge in [-0.05, 0) is 6.42 Å². The van der Waals surface area contributed by atoms with Gasteiger partial charge in [0.05, 0.1) is 6.20 Å². The highest BCUT2D eigenvalue weighted by Gasteiger charge is 2.30. The highest BCUT2D eigenvalue weighted by atomic mass is 19.4. The van der Waals surface area contributed by atoms with E-state index in [1.54, 1.807) is 6.20 Å². The molecule has 0 radical (unpaired) electrons. The van der Waals surface area contributed by atoms with Gasteiger partial charge in [-0.1, -0.05) is 0 Å². The first-order valence-corrected chi connectivity index (χ1v) is 7.75. The molecule has 0 bridgehead atoms. The van der Waals surface area contributed by atoms with Crippen molar-refractivity contribution in [2.45, 2.75) is 31.7 Å². The summed E-state index contributed by atoms with van der Waals surface area (Å²) in [7, 11) is 0. The van der Waals surface area contributed by atoms with Gasteiger partial charge < -0.3 is 5.32 Å². The molecule has 1 atom stereocenters. The van der Waals surface area contributed by atoms with Crippen molar-refractivity contribution in [3.05, 3.63) is 18.0 Å². The van der Waals surface area contributed by atoms with Crippen LogP contribution in [0, 0.1) is 0 Å². The van der Waals surface area contributed by atoms with Crippen LogP contribution in [0.15, 0.2) is 12.4 Å². The van der Waals surface area contributed by atoms with Gasteiger partial charge in [0.1, 0.15) is 6.54 Å². The van der Waals surface area contributed by atoms with E-state index in [9.17, 15) is 13.2 Å². The zero-order chi connectivity index (χ0) is 15.6. The molecule has 2 fully saturated rings. The van der Waals surface area contributed by atoms with E-state index in [0.717, 1.165) is 55.9 Å². The molecular weight excluding hydrogens is 295 g/mol. The summed E-state index contributed by atoms with van der Waals surface area (Å²) in [5.74, 6) is 0. The van der Waals surface area contributed by atoms with Crippen molar-refractivity contribution in [2.24, 2.45) is 0 Å². The lowest BCUT2D eigenvalue weighted by atomic mass is 10.2. The fourth-order valence-corrected chi connectivity index (χ4v) is 3.32. The van der Waals surface area contributed by atoms with Crippen LogP contribution in [0.1, 0.15) is 12.0 Å². The maximum absolute atomic E-state index is 12.3. The lowest BCUT2D eigenvalue weighted by Gasteiger charge is -2.32. The molecule has 0 aromatic carbocycles. The molecule has 22 heavy (non-hydrogen) atoms. The average Bonchev–Trinajstić information content (AvgIpc) is 3.08. The second-order valence-electron chi connectivity index (χ2n) is 6.12. The second kappa shape index (κ2) is 6.55. The van der Waals surface area contributed by atoms with Crippen LogP contribution >= 0.6 is 0 Å². The summed E-state index contributed by atoms with van der Waals surface area (Å²) in [4.78, 5) is 4.82. The Morgan fingerprint density at radius 2 is 2.00 bits per heavy atom. The Bertz CT molecular complexity index is 481. The fraction of sp³-hybridized carbons (Fsp3) is 0.786. The summed E-state index contributed by atoms with van der Waals surface area (Å²) in [6, 6.07) is 0.576. The van der Waals surface area contributed by atoms with Crippen molar-refractivity contribution < 1.29 is 13.2 Å². The van der Waals surface area contributed by atoms with Crippen molar-refractivity contribution in [3.63, 3.8) is 0 Å². The van der Waals surface area contributed by atoms with Gasteiger partial charge in [0.25, 0.3) is 0 Å². The Hall–Kier alpha value is -1.12. The van der Waals surface area contributed by atoms with Gasteiger partial charge in [0, 0.05) is 63.6 Å². The SMILES string of the molecule is FC(F)(F)Cn1cc(CN2CCC(N3CCNCC3)C2)cn1. The predicted octanol–water partition coefficient (Wildman–Crippen LogP) is 0.925. The number of halogens is 3. The fourth-order valence-electron chi connectivity index (χ4n) is 3.32. The molecule has 0 saturated carbocycles. The van der Waals surface area contributed by atoms with Crippen molar-refractivity contribution >= 4 is 0 Å². The maximum Gasteiger partial charge on any atom is 0.408 e. The summed E-state index contributed by atoms with van der Waals surface area (Å²) in [6.07, 6.45) is -0.0312. The number of rotatable bonds is 4. The van der Waals surface area contributed by atoms with Crippen molar-refractivity contribution in [1.82, 2.24) is 24.9 Å². The third-order valence-electron chi connectivity index (χ3n) is 4.35. The van der Waals surface area contributed by atoms with Gasteiger partial charge in [-0.2, -0.15) is 18.3 Å². The lowest BCUT2D eigenvalue weighted by Crippen LogP contribution is -2.49. The number of hydrogen-bond acceptors (Lipinski definition) is 4. The number of nitrogens with zero attached hydrogens (tertiary/aromatic N) is 4. The Morgan fingerprint density at radius 3 is 2.73 bits per heavy atom. The van der Waals surface area contributed by atoms with Crippen molar-refractivity contribution in [3.8, 4) is 0 Å². The molecule has 1 aromatic heterocycles.